The highest BCUT2D eigenvalue weighted by molar-refractivity contribution is 8.02. The molecule has 0 aliphatic rings. The predicted octanol–water partition coefficient (Wildman–Crippen LogP) is 3.77. The fourth-order valence-corrected chi connectivity index (χ4v) is 1.92. The number of carbonyl (C=O) groups excluding carboxylic acids is 1. The van der Waals surface area contributed by atoms with Gasteiger partial charge in [0, 0.05) is 6.08 Å². The molecular weight excluding hydrogens is 208 g/mol. The van der Waals surface area contributed by atoms with Gasteiger partial charge >= 0.3 is 5.97 Å². The zero-order chi connectivity index (χ0) is 11.4. The Kier molecular flexibility index (Phi) is 11.3. The van der Waals surface area contributed by atoms with E-state index in [1.54, 1.807) is 11.8 Å². The fraction of sp³-hybridized carbons (Fsp3) is 0.750. The number of methoxy groups -OCH3 is 1. The summed E-state index contributed by atoms with van der Waals surface area (Å²) in [6, 6.07) is 0. The van der Waals surface area contributed by atoms with Gasteiger partial charge in [-0.3, -0.25) is 0 Å². The fourth-order valence-electron chi connectivity index (χ4n) is 1.21. The van der Waals surface area contributed by atoms with Gasteiger partial charge in [-0.05, 0) is 17.6 Å². The molecule has 0 unspecified atom stereocenters. The van der Waals surface area contributed by atoms with Crippen LogP contribution in [-0.4, -0.2) is 18.8 Å². The number of unbranched alkanes of at least 4 members (excludes halogenated alkanes) is 5. The Morgan fingerprint density at radius 2 is 1.87 bits per heavy atom. The molecule has 0 aliphatic carbocycles. The molecule has 2 nitrogen and oxygen atoms in total. The Morgan fingerprint density at radius 1 is 1.20 bits per heavy atom. The molecule has 0 spiro atoms. The Morgan fingerprint density at radius 3 is 2.53 bits per heavy atom. The molecule has 0 saturated heterocycles. The summed E-state index contributed by atoms with van der Waals surface area (Å²) in [5.41, 5.74) is 0. The lowest BCUT2D eigenvalue weighted by Crippen LogP contribution is -1.92. The summed E-state index contributed by atoms with van der Waals surface area (Å²) in [5, 5.41) is 1.82. The molecule has 0 saturated carbocycles. The van der Waals surface area contributed by atoms with Crippen LogP contribution >= 0.6 is 11.8 Å². The lowest BCUT2D eigenvalue weighted by molar-refractivity contribution is -0.134. The molecule has 0 aromatic rings. The molecule has 0 aromatic heterocycles. The monoisotopic (exact) mass is 230 g/mol. The smallest absolute Gasteiger partial charge is 0.330 e. The highest BCUT2D eigenvalue weighted by Gasteiger charge is 1.91. The zero-order valence-electron chi connectivity index (χ0n) is 9.83. The van der Waals surface area contributed by atoms with Crippen LogP contribution in [0.5, 0.6) is 0 Å². The number of rotatable bonds is 9. The number of esters is 1. The van der Waals surface area contributed by atoms with Crippen molar-refractivity contribution < 1.29 is 9.53 Å². The Bertz CT molecular complexity index is 178. The third kappa shape index (κ3) is 11.5. The van der Waals surface area contributed by atoms with Crippen molar-refractivity contribution in [3.05, 3.63) is 11.5 Å². The van der Waals surface area contributed by atoms with E-state index in [0.29, 0.717) is 0 Å². The van der Waals surface area contributed by atoms with Gasteiger partial charge in [-0.2, -0.15) is 0 Å². The molecule has 15 heavy (non-hydrogen) atoms. The van der Waals surface area contributed by atoms with Gasteiger partial charge in [0.05, 0.1) is 7.11 Å². The van der Waals surface area contributed by atoms with Crippen LogP contribution in [0.25, 0.3) is 0 Å². The minimum absolute atomic E-state index is 0.273. The minimum Gasteiger partial charge on any atom is -0.466 e. The predicted molar refractivity (Wildman–Crippen MR) is 67.0 cm³/mol. The second-order valence-corrected chi connectivity index (χ2v) is 4.48. The van der Waals surface area contributed by atoms with Gasteiger partial charge in [0.25, 0.3) is 0 Å². The van der Waals surface area contributed by atoms with Crippen molar-refractivity contribution in [1.82, 2.24) is 0 Å². The first-order chi connectivity index (χ1) is 7.31. The van der Waals surface area contributed by atoms with Gasteiger partial charge in [-0.1, -0.05) is 39.0 Å². The van der Waals surface area contributed by atoms with Crippen LogP contribution in [0.3, 0.4) is 0 Å². The van der Waals surface area contributed by atoms with E-state index in [4.69, 9.17) is 0 Å². The molecule has 0 radical (unpaired) electrons. The van der Waals surface area contributed by atoms with Gasteiger partial charge in [-0.15, -0.1) is 11.8 Å². The normalized spacial score (nSPS) is 10.8. The number of ether oxygens (including phenoxy) is 1. The van der Waals surface area contributed by atoms with Crippen LogP contribution in [0, 0.1) is 0 Å². The van der Waals surface area contributed by atoms with Crippen molar-refractivity contribution in [2.75, 3.05) is 12.9 Å². The highest BCUT2D eigenvalue weighted by Crippen LogP contribution is 2.10. The Labute approximate surface area is 97.5 Å². The quantitative estimate of drug-likeness (QED) is 0.343. The van der Waals surface area contributed by atoms with Crippen LogP contribution in [0.4, 0.5) is 0 Å². The van der Waals surface area contributed by atoms with E-state index in [1.807, 2.05) is 5.41 Å². The van der Waals surface area contributed by atoms with Crippen LogP contribution < -0.4 is 0 Å². The topological polar surface area (TPSA) is 26.3 Å². The molecule has 88 valence electrons. The summed E-state index contributed by atoms with van der Waals surface area (Å²) in [6.07, 6.45) is 9.38. The molecule has 0 bridgehead atoms. The number of thioether (sulfide) groups is 1. The van der Waals surface area contributed by atoms with Crippen LogP contribution in [0.15, 0.2) is 11.5 Å². The SMILES string of the molecule is CCCCCCCCS/C=C/C(=O)OC. The lowest BCUT2D eigenvalue weighted by Gasteiger charge is -1.98. The van der Waals surface area contributed by atoms with Crippen LogP contribution in [0.2, 0.25) is 0 Å². The molecular formula is C12H22O2S. The van der Waals surface area contributed by atoms with E-state index in [0.717, 1.165) is 5.75 Å². The van der Waals surface area contributed by atoms with Gasteiger partial charge < -0.3 is 4.74 Å². The van der Waals surface area contributed by atoms with Crippen molar-refractivity contribution >= 4 is 17.7 Å². The largest absolute Gasteiger partial charge is 0.466 e. The first kappa shape index (κ1) is 14.6. The minimum atomic E-state index is -0.273. The molecule has 0 aromatic carbocycles. The van der Waals surface area contributed by atoms with E-state index >= 15 is 0 Å². The Balaban J connectivity index is 3.11. The molecule has 0 aliphatic heterocycles. The van der Waals surface area contributed by atoms with E-state index in [2.05, 4.69) is 11.7 Å². The van der Waals surface area contributed by atoms with Gasteiger partial charge in [0.2, 0.25) is 0 Å². The van der Waals surface area contributed by atoms with Gasteiger partial charge in [-0.25, -0.2) is 4.79 Å². The Hall–Kier alpha value is -0.440. The van der Waals surface area contributed by atoms with Crippen LogP contribution in [-0.2, 0) is 9.53 Å². The van der Waals surface area contributed by atoms with Crippen molar-refractivity contribution in [2.24, 2.45) is 0 Å². The third-order valence-corrected chi connectivity index (χ3v) is 2.97. The summed E-state index contributed by atoms with van der Waals surface area (Å²) in [7, 11) is 1.39. The molecule has 0 heterocycles. The second kappa shape index (κ2) is 11.6. The maximum absolute atomic E-state index is 10.7. The van der Waals surface area contributed by atoms with Gasteiger partial charge in [0.1, 0.15) is 0 Å². The summed E-state index contributed by atoms with van der Waals surface area (Å²) in [6.45, 7) is 2.23. The first-order valence-corrected chi connectivity index (χ1v) is 6.72. The molecule has 0 amide bonds. The number of hydrogen-bond acceptors (Lipinski definition) is 3. The number of hydrogen-bond donors (Lipinski definition) is 0. The average molecular weight is 230 g/mol. The summed E-state index contributed by atoms with van der Waals surface area (Å²) in [5.74, 6) is 0.824. The van der Waals surface area contributed by atoms with E-state index in [1.165, 1.54) is 51.7 Å². The maximum Gasteiger partial charge on any atom is 0.330 e. The van der Waals surface area contributed by atoms with Crippen molar-refractivity contribution in [1.29, 1.82) is 0 Å². The molecule has 0 N–H and O–H groups in total. The van der Waals surface area contributed by atoms with Gasteiger partial charge in [0.15, 0.2) is 0 Å². The highest BCUT2D eigenvalue weighted by atomic mass is 32.2. The summed E-state index contributed by atoms with van der Waals surface area (Å²) >= 11 is 1.68. The standard InChI is InChI=1S/C12H22O2S/c1-3-4-5-6-7-8-10-15-11-9-12(13)14-2/h9,11H,3-8,10H2,1-2H3/b11-9+. The molecule has 0 fully saturated rings. The van der Waals surface area contributed by atoms with Crippen LogP contribution in [0.1, 0.15) is 45.4 Å². The van der Waals surface area contributed by atoms with E-state index < -0.39 is 0 Å². The molecule has 3 heteroatoms. The number of carbonyl (C=O) groups is 1. The zero-order valence-corrected chi connectivity index (χ0v) is 10.6. The van der Waals surface area contributed by atoms with E-state index in [9.17, 15) is 4.79 Å². The maximum atomic E-state index is 10.7. The molecule has 0 rings (SSSR count). The lowest BCUT2D eigenvalue weighted by atomic mass is 10.1. The third-order valence-electron chi connectivity index (χ3n) is 2.12. The van der Waals surface area contributed by atoms with Crippen molar-refractivity contribution in [2.45, 2.75) is 45.4 Å². The van der Waals surface area contributed by atoms with Crippen molar-refractivity contribution in [3.8, 4) is 0 Å². The van der Waals surface area contributed by atoms with E-state index in [-0.39, 0.29) is 5.97 Å². The molecule has 0 atom stereocenters. The van der Waals surface area contributed by atoms with Crippen molar-refractivity contribution in [3.63, 3.8) is 0 Å². The summed E-state index contributed by atoms with van der Waals surface area (Å²) in [4.78, 5) is 10.7. The second-order valence-electron chi connectivity index (χ2n) is 3.46. The summed E-state index contributed by atoms with van der Waals surface area (Å²) < 4.78 is 4.48. The first-order valence-electron chi connectivity index (χ1n) is 5.67. The average Bonchev–Trinajstić information content (AvgIpc) is 2.26.